The minimum Gasteiger partial charge on any atom is -0.396 e. The molecule has 2 N–H and O–H groups in total. The van der Waals surface area contributed by atoms with E-state index in [0.29, 0.717) is 11.5 Å². The first-order chi connectivity index (χ1) is 7.45. The molecule has 1 heterocycles. The largest absolute Gasteiger partial charge is 0.396 e. The molecule has 0 amide bonds. The van der Waals surface area contributed by atoms with Crippen molar-refractivity contribution in [3.63, 3.8) is 0 Å². The van der Waals surface area contributed by atoms with Gasteiger partial charge >= 0.3 is 0 Å². The molecule has 88 valence electrons. The number of pyridine rings is 1. The van der Waals surface area contributed by atoms with Crippen molar-refractivity contribution in [1.82, 2.24) is 4.98 Å². The Morgan fingerprint density at radius 3 is 2.62 bits per heavy atom. The molecule has 0 bridgehead atoms. The van der Waals surface area contributed by atoms with E-state index in [1.807, 2.05) is 18.5 Å². The third kappa shape index (κ3) is 3.33. The summed E-state index contributed by atoms with van der Waals surface area (Å²) in [5.74, 6) is 0.626. The zero-order chi connectivity index (χ0) is 12.2. The highest BCUT2D eigenvalue weighted by atomic mass is 14.9. The van der Waals surface area contributed by atoms with Crippen LogP contribution in [0.15, 0.2) is 17.3 Å². The number of hydrogen-bond donors (Lipinski definition) is 1. The summed E-state index contributed by atoms with van der Waals surface area (Å²) in [5, 5.41) is 0. The highest BCUT2D eigenvalue weighted by Gasteiger charge is 2.15. The Morgan fingerprint density at radius 1 is 1.44 bits per heavy atom. The molecule has 0 saturated carbocycles. The van der Waals surface area contributed by atoms with E-state index in [1.54, 1.807) is 0 Å². The summed E-state index contributed by atoms with van der Waals surface area (Å²) < 4.78 is 0. The summed E-state index contributed by atoms with van der Waals surface area (Å²) in [4.78, 5) is 8.55. The van der Waals surface area contributed by atoms with E-state index in [9.17, 15) is 0 Å². The number of nitrogens with zero attached hydrogens (tertiary/aromatic N) is 2. The summed E-state index contributed by atoms with van der Waals surface area (Å²) in [6.45, 7) is 8.54. The van der Waals surface area contributed by atoms with Gasteiger partial charge in [-0.15, -0.1) is 0 Å². The summed E-state index contributed by atoms with van der Waals surface area (Å²) in [6, 6.07) is 1.96. The van der Waals surface area contributed by atoms with Gasteiger partial charge in [-0.05, 0) is 23.5 Å². The van der Waals surface area contributed by atoms with Gasteiger partial charge < -0.3 is 5.73 Å². The average molecular weight is 219 g/mol. The van der Waals surface area contributed by atoms with Crippen LogP contribution < -0.4 is 5.73 Å². The molecule has 0 aromatic carbocycles. The monoisotopic (exact) mass is 219 g/mol. The second-order valence-electron chi connectivity index (χ2n) is 4.99. The lowest BCUT2D eigenvalue weighted by Gasteiger charge is -2.18. The van der Waals surface area contributed by atoms with Gasteiger partial charge in [-0.1, -0.05) is 34.1 Å². The van der Waals surface area contributed by atoms with Crippen LogP contribution in [-0.2, 0) is 5.41 Å². The average Bonchev–Trinajstić information content (AvgIpc) is 2.19. The van der Waals surface area contributed by atoms with E-state index in [2.05, 4.69) is 37.7 Å². The van der Waals surface area contributed by atoms with Crippen molar-refractivity contribution in [3.8, 4) is 0 Å². The lowest BCUT2D eigenvalue weighted by molar-refractivity contribution is 0.588. The van der Waals surface area contributed by atoms with Gasteiger partial charge in [-0.2, -0.15) is 0 Å². The molecular formula is C13H21N3. The zero-order valence-electron chi connectivity index (χ0n) is 10.6. The molecule has 0 fully saturated rings. The fourth-order valence-electron chi connectivity index (χ4n) is 1.27. The van der Waals surface area contributed by atoms with Gasteiger partial charge in [0.1, 0.15) is 0 Å². The van der Waals surface area contributed by atoms with Crippen molar-refractivity contribution < 1.29 is 0 Å². The Bertz CT molecular complexity index is 375. The van der Waals surface area contributed by atoms with Crippen LogP contribution in [0.2, 0.25) is 0 Å². The highest BCUT2D eigenvalue weighted by Crippen LogP contribution is 2.27. The zero-order valence-corrected chi connectivity index (χ0v) is 10.6. The smallest absolute Gasteiger partial charge is 0.175 e. The molecule has 1 rings (SSSR count). The van der Waals surface area contributed by atoms with Gasteiger partial charge in [0.15, 0.2) is 5.82 Å². The molecule has 1 aromatic rings. The molecule has 0 saturated heterocycles. The number of hydrogen-bond acceptors (Lipinski definition) is 3. The number of aromatic nitrogens is 1. The van der Waals surface area contributed by atoms with E-state index < -0.39 is 0 Å². The van der Waals surface area contributed by atoms with Gasteiger partial charge in [0, 0.05) is 12.4 Å². The predicted octanol–water partition coefficient (Wildman–Crippen LogP) is 3.46. The molecule has 1 aromatic heterocycles. The van der Waals surface area contributed by atoms with Crippen molar-refractivity contribution in [2.75, 3.05) is 5.73 Å². The maximum Gasteiger partial charge on any atom is 0.175 e. The number of nitrogens with two attached hydrogens (primary N) is 1. The number of unbranched alkanes of at least 4 members (excludes halogenated alkanes) is 1. The normalized spacial score (nSPS) is 12.2. The standard InChI is InChI=1S/C13H21N3/c1-5-6-7-15-12-11(14)8-10(9-16-12)13(2,3)4/h7-9H,5-6,14H2,1-4H3/b15-7-. The van der Waals surface area contributed by atoms with Gasteiger partial charge in [-0.3, -0.25) is 0 Å². The minimum absolute atomic E-state index is 0.0762. The maximum absolute atomic E-state index is 5.92. The van der Waals surface area contributed by atoms with E-state index in [4.69, 9.17) is 5.73 Å². The van der Waals surface area contributed by atoms with E-state index >= 15 is 0 Å². The van der Waals surface area contributed by atoms with Gasteiger partial charge in [0.2, 0.25) is 0 Å². The van der Waals surface area contributed by atoms with Gasteiger partial charge in [0.05, 0.1) is 5.69 Å². The molecule has 0 unspecified atom stereocenters. The van der Waals surface area contributed by atoms with E-state index in [1.165, 1.54) is 0 Å². The van der Waals surface area contributed by atoms with Crippen LogP contribution in [0.3, 0.4) is 0 Å². The molecular weight excluding hydrogens is 198 g/mol. The van der Waals surface area contributed by atoms with Crippen LogP contribution in [0.25, 0.3) is 0 Å². The molecule has 0 aliphatic carbocycles. The Labute approximate surface area is 97.8 Å². The number of rotatable bonds is 3. The molecule has 3 heteroatoms. The SMILES string of the molecule is CCC/C=N\c1ncc(C(C)(C)C)cc1N. The van der Waals surface area contributed by atoms with Crippen molar-refractivity contribution in [2.45, 2.75) is 46.0 Å². The first-order valence-electron chi connectivity index (χ1n) is 5.73. The topological polar surface area (TPSA) is 51.3 Å². The summed E-state index contributed by atoms with van der Waals surface area (Å²) in [6.07, 6.45) is 5.77. The van der Waals surface area contributed by atoms with Crippen LogP contribution in [0, 0.1) is 0 Å². The number of anilines is 1. The van der Waals surface area contributed by atoms with E-state index in [0.717, 1.165) is 18.4 Å². The van der Waals surface area contributed by atoms with Gasteiger partial charge in [0.25, 0.3) is 0 Å². The molecule has 3 nitrogen and oxygen atoms in total. The third-order valence-corrected chi connectivity index (χ3v) is 2.39. The minimum atomic E-state index is 0.0762. The van der Waals surface area contributed by atoms with Crippen LogP contribution in [0.1, 0.15) is 46.1 Å². The van der Waals surface area contributed by atoms with Crippen LogP contribution >= 0.6 is 0 Å². The number of nitrogen functional groups attached to an aromatic ring is 1. The molecule has 0 radical (unpaired) electrons. The third-order valence-electron chi connectivity index (χ3n) is 2.39. The molecule has 0 atom stereocenters. The van der Waals surface area contributed by atoms with Crippen molar-refractivity contribution in [2.24, 2.45) is 4.99 Å². The lowest BCUT2D eigenvalue weighted by atomic mass is 9.88. The van der Waals surface area contributed by atoms with Crippen LogP contribution in [-0.4, -0.2) is 11.2 Å². The first kappa shape index (κ1) is 12.7. The summed E-state index contributed by atoms with van der Waals surface area (Å²) >= 11 is 0. The molecule has 0 aliphatic heterocycles. The fourth-order valence-corrected chi connectivity index (χ4v) is 1.27. The Hall–Kier alpha value is -1.38. The Kier molecular flexibility index (Phi) is 4.05. The highest BCUT2D eigenvalue weighted by molar-refractivity contribution is 5.68. The first-order valence-corrected chi connectivity index (χ1v) is 5.73. The van der Waals surface area contributed by atoms with Crippen molar-refractivity contribution >= 4 is 17.7 Å². The fraction of sp³-hybridized carbons (Fsp3) is 0.538. The maximum atomic E-state index is 5.92. The Balaban J connectivity index is 2.92. The van der Waals surface area contributed by atoms with Crippen LogP contribution in [0.4, 0.5) is 11.5 Å². The second kappa shape index (κ2) is 5.10. The van der Waals surface area contributed by atoms with Crippen molar-refractivity contribution in [1.29, 1.82) is 0 Å². The second-order valence-corrected chi connectivity index (χ2v) is 4.99. The number of aliphatic imine (C=N–C) groups is 1. The van der Waals surface area contributed by atoms with Gasteiger partial charge in [-0.25, -0.2) is 9.98 Å². The Morgan fingerprint density at radius 2 is 2.12 bits per heavy atom. The lowest BCUT2D eigenvalue weighted by Crippen LogP contribution is -2.11. The van der Waals surface area contributed by atoms with Crippen LogP contribution in [0.5, 0.6) is 0 Å². The summed E-state index contributed by atoms with van der Waals surface area (Å²) in [7, 11) is 0. The molecule has 16 heavy (non-hydrogen) atoms. The summed E-state index contributed by atoms with van der Waals surface area (Å²) in [5.41, 5.74) is 7.79. The van der Waals surface area contributed by atoms with Crippen molar-refractivity contribution in [3.05, 3.63) is 17.8 Å². The molecule has 0 aliphatic rings. The quantitative estimate of drug-likeness (QED) is 0.791. The predicted molar refractivity (Wildman–Crippen MR) is 70.4 cm³/mol. The van der Waals surface area contributed by atoms with E-state index in [-0.39, 0.29) is 5.41 Å². The molecule has 0 spiro atoms.